The molecule has 6 nitrogen and oxygen atoms in total. The Labute approximate surface area is 184 Å². The van der Waals surface area contributed by atoms with Crippen molar-refractivity contribution in [2.45, 2.75) is 6.54 Å². The molecule has 0 aliphatic rings. The van der Waals surface area contributed by atoms with Crippen LogP contribution in [0.4, 0.5) is 0 Å². The lowest BCUT2D eigenvalue weighted by Gasteiger charge is -2.12. The Balaban J connectivity index is 1.28. The molecule has 1 aromatic heterocycles. The molecule has 0 unspecified atom stereocenters. The number of rotatable bonds is 4. The molecule has 3 aromatic carbocycles. The van der Waals surface area contributed by atoms with Gasteiger partial charge in [-0.05, 0) is 53.0 Å². The Morgan fingerprint density at radius 2 is 1.45 bits per heavy atom. The summed E-state index contributed by atoms with van der Waals surface area (Å²) in [7, 11) is 0. The highest BCUT2D eigenvalue weighted by molar-refractivity contribution is 7.80. The van der Waals surface area contributed by atoms with Gasteiger partial charge in [-0.15, -0.1) is 0 Å². The van der Waals surface area contributed by atoms with E-state index in [1.54, 1.807) is 12.1 Å². The SMILES string of the molecule is O=C(Cn1ccc2ccccc21)NNC(=S)NC(=O)c1ccc(-c2ccccc2)cc1. The third kappa shape index (κ3) is 4.96. The lowest BCUT2D eigenvalue weighted by atomic mass is 10.0. The molecule has 0 bridgehead atoms. The highest BCUT2D eigenvalue weighted by Crippen LogP contribution is 2.19. The van der Waals surface area contributed by atoms with Crippen LogP contribution >= 0.6 is 12.2 Å². The molecular weight excluding hydrogens is 408 g/mol. The van der Waals surface area contributed by atoms with Crippen LogP contribution in [-0.4, -0.2) is 21.5 Å². The molecular formula is C24H20N4O2S. The van der Waals surface area contributed by atoms with Gasteiger partial charge in [0.25, 0.3) is 11.8 Å². The molecule has 0 aliphatic carbocycles. The maximum atomic E-state index is 12.4. The predicted octanol–water partition coefficient (Wildman–Crippen LogP) is 3.64. The van der Waals surface area contributed by atoms with E-state index in [4.69, 9.17) is 12.2 Å². The van der Waals surface area contributed by atoms with Gasteiger partial charge in [0.2, 0.25) is 0 Å². The average Bonchev–Trinajstić information content (AvgIpc) is 3.21. The maximum Gasteiger partial charge on any atom is 0.258 e. The number of benzene rings is 3. The first kappa shape index (κ1) is 20.3. The molecule has 4 rings (SSSR count). The first-order chi connectivity index (χ1) is 15.1. The standard InChI is InChI=1S/C24H20N4O2S/c29-22(16-28-15-14-19-8-4-5-9-21(19)28)26-27-24(31)25-23(30)20-12-10-18(11-13-20)17-6-2-1-3-7-17/h1-15H,16H2,(H,26,29)(H2,25,27,30,31). The van der Waals surface area contributed by atoms with Crippen molar-refractivity contribution in [2.75, 3.05) is 0 Å². The van der Waals surface area contributed by atoms with Crippen molar-refractivity contribution < 1.29 is 9.59 Å². The Kier molecular flexibility index (Phi) is 6.05. The summed E-state index contributed by atoms with van der Waals surface area (Å²) in [4.78, 5) is 24.6. The number of nitrogens with one attached hydrogen (secondary N) is 3. The van der Waals surface area contributed by atoms with Crippen molar-refractivity contribution in [1.29, 1.82) is 0 Å². The van der Waals surface area contributed by atoms with Crippen molar-refractivity contribution in [1.82, 2.24) is 20.7 Å². The molecule has 3 N–H and O–H groups in total. The second-order valence-corrected chi connectivity index (χ2v) is 7.31. The number of para-hydroxylation sites is 1. The molecule has 0 aliphatic heterocycles. The summed E-state index contributed by atoms with van der Waals surface area (Å²) in [5.74, 6) is -0.645. The summed E-state index contributed by atoms with van der Waals surface area (Å²) < 4.78 is 1.84. The van der Waals surface area contributed by atoms with Gasteiger partial charge in [-0.1, -0.05) is 60.7 Å². The monoisotopic (exact) mass is 428 g/mol. The molecule has 1 heterocycles. The van der Waals surface area contributed by atoms with Crippen LogP contribution < -0.4 is 16.2 Å². The smallest absolute Gasteiger partial charge is 0.258 e. The van der Waals surface area contributed by atoms with Crippen molar-refractivity contribution >= 4 is 40.0 Å². The number of thiocarbonyl (C=S) groups is 1. The van der Waals surface area contributed by atoms with E-state index < -0.39 is 0 Å². The topological polar surface area (TPSA) is 75.2 Å². The van der Waals surface area contributed by atoms with Gasteiger partial charge in [0.15, 0.2) is 5.11 Å². The molecule has 0 radical (unpaired) electrons. The first-order valence-electron chi connectivity index (χ1n) is 9.70. The molecule has 0 saturated heterocycles. The van der Waals surface area contributed by atoms with E-state index in [2.05, 4.69) is 16.2 Å². The third-order valence-corrected chi connectivity index (χ3v) is 5.00. The van der Waals surface area contributed by atoms with Crippen LogP contribution in [0.5, 0.6) is 0 Å². The van der Waals surface area contributed by atoms with Gasteiger partial charge in [0.1, 0.15) is 6.54 Å². The second-order valence-electron chi connectivity index (χ2n) is 6.90. The number of aromatic nitrogens is 1. The minimum Gasteiger partial charge on any atom is -0.338 e. The zero-order valence-electron chi connectivity index (χ0n) is 16.5. The fourth-order valence-electron chi connectivity index (χ4n) is 3.25. The van der Waals surface area contributed by atoms with Crippen molar-refractivity contribution in [3.63, 3.8) is 0 Å². The molecule has 0 fully saturated rings. The first-order valence-corrected chi connectivity index (χ1v) is 10.1. The molecule has 7 heteroatoms. The quantitative estimate of drug-likeness (QED) is 0.343. The summed E-state index contributed by atoms with van der Waals surface area (Å²) >= 11 is 5.11. The number of nitrogens with zero attached hydrogens (tertiary/aromatic N) is 1. The highest BCUT2D eigenvalue weighted by atomic mass is 32.1. The van der Waals surface area contributed by atoms with Gasteiger partial charge in [-0.25, -0.2) is 0 Å². The summed E-state index contributed by atoms with van der Waals surface area (Å²) in [5, 5.41) is 3.64. The second kappa shape index (κ2) is 9.23. The normalized spacial score (nSPS) is 10.5. The Hall–Kier alpha value is -3.97. The number of carbonyl (C=O) groups is 2. The summed E-state index contributed by atoms with van der Waals surface area (Å²) in [6, 6.07) is 26.9. The van der Waals surface area contributed by atoms with Gasteiger partial charge >= 0.3 is 0 Å². The fourth-order valence-corrected chi connectivity index (χ4v) is 3.39. The Morgan fingerprint density at radius 1 is 0.774 bits per heavy atom. The third-order valence-electron chi connectivity index (χ3n) is 4.79. The van der Waals surface area contributed by atoms with E-state index >= 15 is 0 Å². The molecule has 0 saturated carbocycles. The summed E-state index contributed by atoms with van der Waals surface area (Å²) in [6.07, 6.45) is 1.85. The zero-order valence-corrected chi connectivity index (χ0v) is 17.4. The molecule has 2 amide bonds. The van der Waals surface area contributed by atoms with Crippen molar-refractivity contribution in [3.05, 3.63) is 96.7 Å². The minimum absolute atomic E-state index is 0.0165. The number of hydrogen-bond donors (Lipinski definition) is 3. The minimum atomic E-state index is -0.359. The van der Waals surface area contributed by atoms with E-state index in [0.717, 1.165) is 22.0 Å². The van der Waals surface area contributed by atoms with Gasteiger partial charge in [-0.2, -0.15) is 0 Å². The molecule has 154 valence electrons. The van der Waals surface area contributed by atoms with Crippen LogP contribution in [0.2, 0.25) is 0 Å². The van der Waals surface area contributed by atoms with E-state index in [1.807, 2.05) is 83.6 Å². The van der Waals surface area contributed by atoms with Crippen LogP contribution in [0, 0.1) is 0 Å². The Morgan fingerprint density at radius 3 is 2.23 bits per heavy atom. The van der Waals surface area contributed by atoms with Crippen molar-refractivity contribution in [3.8, 4) is 11.1 Å². The van der Waals surface area contributed by atoms with Crippen LogP contribution in [0.15, 0.2) is 91.1 Å². The fraction of sp³-hybridized carbons (Fsp3) is 0.0417. The lowest BCUT2D eigenvalue weighted by molar-refractivity contribution is -0.122. The van der Waals surface area contributed by atoms with E-state index in [-0.39, 0.29) is 23.5 Å². The van der Waals surface area contributed by atoms with Gasteiger partial charge in [-0.3, -0.25) is 25.8 Å². The lowest BCUT2D eigenvalue weighted by Crippen LogP contribution is -2.49. The molecule has 0 atom stereocenters. The van der Waals surface area contributed by atoms with Crippen LogP contribution in [0.3, 0.4) is 0 Å². The summed E-state index contributed by atoms with van der Waals surface area (Å²) in [6.45, 7) is 0.123. The van der Waals surface area contributed by atoms with E-state index in [9.17, 15) is 9.59 Å². The van der Waals surface area contributed by atoms with Gasteiger partial charge in [0, 0.05) is 17.3 Å². The molecule has 4 aromatic rings. The zero-order chi connectivity index (χ0) is 21.6. The van der Waals surface area contributed by atoms with Gasteiger partial charge in [0.05, 0.1) is 0 Å². The summed E-state index contributed by atoms with van der Waals surface area (Å²) in [5.41, 5.74) is 8.60. The van der Waals surface area contributed by atoms with Crippen LogP contribution in [-0.2, 0) is 11.3 Å². The van der Waals surface area contributed by atoms with Crippen molar-refractivity contribution in [2.24, 2.45) is 0 Å². The van der Waals surface area contributed by atoms with Crippen LogP contribution in [0.25, 0.3) is 22.0 Å². The maximum absolute atomic E-state index is 12.4. The predicted molar refractivity (Wildman–Crippen MR) is 125 cm³/mol. The average molecular weight is 429 g/mol. The van der Waals surface area contributed by atoms with E-state index in [1.165, 1.54) is 0 Å². The van der Waals surface area contributed by atoms with E-state index in [0.29, 0.717) is 5.56 Å². The Bertz CT molecular complexity index is 1230. The number of carbonyl (C=O) groups excluding carboxylic acids is 2. The number of hydrazine groups is 1. The number of fused-ring (bicyclic) bond motifs is 1. The highest BCUT2D eigenvalue weighted by Gasteiger charge is 2.10. The molecule has 31 heavy (non-hydrogen) atoms. The van der Waals surface area contributed by atoms with Crippen LogP contribution in [0.1, 0.15) is 10.4 Å². The number of hydrogen-bond acceptors (Lipinski definition) is 3. The van der Waals surface area contributed by atoms with Gasteiger partial charge < -0.3 is 4.57 Å². The molecule has 0 spiro atoms. The largest absolute Gasteiger partial charge is 0.338 e. The number of amides is 2.